The van der Waals surface area contributed by atoms with Gasteiger partial charge in [-0.15, -0.1) is 4.91 Å². The highest BCUT2D eigenvalue weighted by Crippen LogP contribution is 2.21. The number of rotatable bonds is 4. The molecule has 1 aromatic heterocycles. The molecule has 0 fully saturated rings. The minimum atomic E-state index is -0.662. The number of nitroso groups, excluding NO2 is 1. The zero-order chi connectivity index (χ0) is 18.5. The molecule has 7 heteroatoms. The summed E-state index contributed by atoms with van der Waals surface area (Å²) in [6.45, 7) is 1.82. The Morgan fingerprint density at radius 2 is 1.85 bits per heavy atom. The normalized spacial score (nSPS) is 10.2. The summed E-state index contributed by atoms with van der Waals surface area (Å²) in [5.41, 5.74) is 2.15. The molecular weight excluding hydrogens is 334 g/mol. The summed E-state index contributed by atoms with van der Waals surface area (Å²) in [5, 5.41) is 5.43. The molecule has 0 saturated heterocycles. The lowest BCUT2D eigenvalue weighted by atomic mass is 10.1. The lowest BCUT2D eigenvalue weighted by Crippen LogP contribution is -2.18. The minimum Gasteiger partial charge on any atom is -0.410 e. The summed E-state index contributed by atoms with van der Waals surface area (Å²) in [6, 6.07) is 16.0. The monoisotopic (exact) mass is 349 g/mol. The third-order valence-corrected chi connectivity index (χ3v) is 3.70. The van der Waals surface area contributed by atoms with Crippen molar-refractivity contribution >= 4 is 17.5 Å². The Labute approximate surface area is 148 Å². The lowest BCUT2D eigenvalue weighted by Gasteiger charge is -2.11. The number of hydrogen-bond donors (Lipinski definition) is 1. The summed E-state index contributed by atoms with van der Waals surface area (Å²) in [7, 11) is 0. The van der Waals surface area contributed by atoms with Gasteiger partial charge < -0.3 is 4.74 Å². The Balaban J connectivity index is 1.73. The van der Waals surface area contributed by atoms with Gasteiger partial charge in [0.15, 0.2) is 0 Å². The molecule has 0 aliphatic carbocycles. The van der Waals surface area contributed by atoms with Gasteiger partial charge in [-0.2, -0.15) is 0 Å². The number of aromatic nitrogens is 1. The number of anilines is 1. The fourth-order valence-electron chi connectivity index (χ4n) is 2.40. The molecule has 0 aliphatic heterocycles. The van der Waals surface area contributed by atoms with Crippen molar-refractivity contribution in [2.45, 2.75) is 6.92 Å². The number of aryl methyl sites for hydroxylation is 1. The molecule has 0 bridgehead atoms. The van der Waals surface area contributed by atoms with Crippen LogP contribution in [-0.2, 0) is 0 Å². The molecule has 130 valence electrons. The second-order valence-corrected chi connectivity index (χ2v) is 5.51. The van der Waals surface area contributed by atoms with Crippen molar-refractivity contribution in [1.82, 2.24) is 4.57 Å². The first-order chi connectivity index (χ1) is 12.6. The second kappa shape index (κ2) is 7.43. The number of carbonyl (C=O) groups is 1. The maximum Gasteiger partial charge on any atom is 0.417 e. The quantitative estimate of drug-likeness (QED) is 0.716. The molecule has 0 unspecified atom stereocenters. The number of hydrogen-bond acceptors (Lipinski definition) is 5. The number of amides is 1. The van der Waals surface area contributed by atoms with Crippen LogP contribution in [0.5, 0.6) is 5.75 Å². The van der Waals surface area contributed by atoms with Crippen molar-refractivity contribution < 1.29 is 9.53 Å². The maximum absolute atomic E-state index is 12.0. The minimum absolute atomic E-state index is 0.139. The van der Waals surface area contributed by atoms with Gasteiger partial charge in [0.05, 0.1) is 0 Å². The van der Waals surface area contributed by atoms with E-state index in [1.165, 1.54) is 34.9 Å². The lowest BCUT2D eigenvalue weighted by molar-refractivity contribution is 0.215. The molecule has 0 spiro atoms. The van der Waals surface area contributed by atoms with Gasteiger partial charge in [-0.3, -0.25) is 14.7 Å². The van der Waals surface area contributed by atoms with Gasteiger partial charge in [0.2, 0.25) is 0 Å². The highest BCUT2D eigenvalue weighted by atomic mass is 16.6. The molecule has 0 aliphatic rings. The molecule has 26 heavy (non-hydrogen) atoms. The molecule has 0 radical (unpaired) electrons. The number of benzene rings is 2. The van der Waals surface area contributed by atoms with Gasteiger partial charge >= 0.3 is 6.09 Å². The maximum atomic E-state index is 12.0. The fraction of sp³-hybridized carbons (Fsp3) is 0.0526. The van der Waals surface area contributed by atoms with Crippen LogP contribution >= 0.6 is 0 Å². The van der Waals surface area contributed by atoms with E-state index < -0.39 is 6.09 Å². The van der Waals surface area contributed by atoms with Crippen LogP contribution in [-0.4, -0.2) is 10.7 Å². The molecular formula is C19H15N3O4. The van der Waals surface area contributed by atoms with Crippen LogP contribution in [0.2, 0.25) is 0 Å². The zero-order valence-electron chi connectivity index (χ0n) is 13.9. The topological polar surface area (TPSA) is 89.8 Å². The predicted molar refractivity (Wildman–Crippen MR) is 98.3 cm³/mol. The smallest absolute Gasteiger partial charge is 0.410 e. The van der Waals surface area contributed by atoms with E-state index in [9.17, 15) is 14.5 Å². The SMILES string of the molecule is Cc1cc(-n2ccccc2=O)ccc1NC(=O)Oc1ccc(N=O)cc1. The van der Waals surface area contributed by atoms with Crippen LogP contribution in [0.3, 0.4) is 0 Å². The van der Waals surface area contributed by atoms with E-state index in [1.54, 1.807) is 36.5 Å². The van der Waals surface area contributed by atoms with E-state index in [1.807, 2.05) is 6.92 Å². The molecule has 1 heterocycles. The largest absolute Gasteiger partial charge is 0.417 e. The van der Waals surface area contributed by atoms with Gasteiger partial charge in [-0.25, -0.2) is 4.79 Å². The van der Waals surface area contributed by atoms with Gasteiger partial charge in [-0.1, -0.05) is 6.07 Å². The fourth-order valence-corrected chi connectivity index (χ4v) is 2.40. The van der Waals surface area contributed by atoms with E-state index in [0.29, 0.717) is 17.1 Å². The summed E-state index contributed by atoms with van der Waals surface area (Å²) < 4.78 is 6.67. The molecule has 0 saturated carbocycles. The number of nitrogens with one attached hydrogen (secondary N) is 1. The van der Waals surface area contributed by atoms with E-state index in [4.69, 9.17) is 4.74 Å². The highest BCUT2D eigenvalue weighted by molar-refractivity contribution is 5.87. The molecule has 7 nitrogen and oxygen atoms in total. The van der Waals surface area contributed by atoms with Crippen LogP contribution in [0.25, 0.3) is 5.69 Å². The van der Waals surface area contributed by atoms with Crippen molar-refractivity contribution in [2.24, 2.45) is 5.18 Å². The van der Waals surface area contributed by atoms with Gasteiger partial charge in [0.25, 0.3) is 5.56 Å². The Bertz CT molecular complexity index is 1010. The van der Waals surface area contributed by atoms with Crippen LogP contribution in [0.1, 0.15) is 5.56 Å². The van der Waals surface area contributed by atoms with Gasteiger partial charge in [-0.05, 0) is 66.2 Å². The molecule has 2 aromatic carbocycles. The number of pyridine rings is 1. The van der Waals surface area contributed by atoms with E-state index in [-0.39, 0.29) is 11.2 Å². The Kier molecular flexibility index (Phi) is 4.89. The average Bonchev–Trinajstić information content (AvgIpc) is 2.64. The predicted octanol–water partition coefficient (Wildman–Crippen LogP) is 4.15. The standard InChI is InChI=1S/C19H15N3O4/c1-13-12-15(22-11-3-2-4-18(22)23)7-10-17(13)20-19(24)26-16-8-5-14(21-25)6-9-16/h2-12H,1H3,(H,20,24). The van der Waals surface area contributed by atoms with Gasteiger partial charge in [0.1, 0.15) is 11.4 Å². The van der Waals surface area contributed by atoms with Gasteiger partial charge in [0, 0.05) is 23.6 Å². The van der Waals surface area contributed by atoms with Crippen LogP contribution in [0, 0.1) is 11.8 Å². The van der Waals surface area contributed by atoms with Crippen LogP contribution < -0.4 is 15.6 Å². The van der Waals surface area contributed by atoms with Crippen LogP contribution in [0.4, 0.5) is 16.2 Å². The van der Waals surface area contributed by atoms with E-state index in [2.05, 4.69) is 10.5 Å². The van der Waals surface area contributed by atoms with Crippen molar-refractivity contribution in [1.29, 1.82) is 0 Å². The van der Waals surface area contributed by atoms with Crippen molar-refractivity contribution in [3.8, 4) is 11.4 Å². The summed E-state index contributed by atoms with van der Waals surface area (Å²) >= 11 is 0. The Hall–Kier alpha value is -3.74. The molecule has 0 atom stereocenters. The number of ether oxygens (including phenoxy) is 1. The first kappa shape index (κ1) is 17.1. The Morgan fingerprint density at radius 3 is 2.50 bits per heavy atom. The summed E-state index contributed by atoms with van der Waals surface area (Å²) in [5.74, 6) is 0.292. The second-order valence-electron chi connectivity index (χ2n) is 5.51. The first-order valence-electron chi connectivity index (χ1n) is 7.78. The molecule has 1 amide bonds. The van der Waals surface area contributed by atoms with Crippen molar-refractivity contribution in [3.05, 3.63) is 87.7 Å². The third kappa shape index (κ3) is 3.84. The molecule has 3 rings (SSSR count). The number of nitrogens with zero attached hydrogens (tertiary/aromatic N) is 2. The third-order valence-electron chi connectivity index (χ3n) is 3.70. The average molecular weight is 349 g/mol. The first-order valence-corrected chi connectivity index (χ1v) is 7.78. The van der Waals surface area contributed by atoms with Crippen molar-refractivity contribution in [3.63, 3.8) is 0 Å². The van der Waals surface area contributed by atoms with E-state index in [0.717, 1.165) is 5.56 Å². The van der Waals surface area contributed by atoms with Crippen LogP contribution in [0.15, 0.2) is 76.8 Å². The zero-order valence-corrected chi connectivity index (χ0v) is 13.9. The van der Waals surface area contributed by atoms with E-state index >= 15 is 0 Å². The molecule has 3 aromatic rings. The summed E-state index contributed by atoms with van der Waals surface area (Å²) in [6.07, 6.45) is 1.01. The Morgan fingerprint density at radius 1 is 1.08 bits per heavy atom. The number of carbonyl (C=O) groups excluding carboxylic acids is 1. The summed E-state index contributed by atoms with van der Waals surface area (Å²) in [4.78, 5) is 34.3. The highest BCUT2D eigenvalue weighted by Gasteiger charge is 2.09. The molecule has 1 N–H and O–H groups in total. The van der Waals surface area contributed by atoms with Crippen molar-refractivity contribution in [2.75, 3.05) is 5.32 Å².